The van der Waals surface area contributed by atoms with Gasteiger partial charge in [0, 0.05) is 12.5 Å². The van der Waals surface area contributed by atoms with Crippen LogP contribution in [0.1, 0.15) is 47.0 Å². The lowest BCUT2D eigenvalue weighted by Crippen LogP contribution is -2.43. The molecule has 0 fully saturated rings. The van der Waals surface area contributed by atoms with Gasteiger partial charge in [-0.1, -0.05) is 13.8 Å². The molecule has 19 heavy (non-hydrogen) atoms. The van der Waals surface area contributed by atoms with Crippen LogP contribution in [0, 0.1) is 5.41 Å². The first kappa shape index (κ1) is 18.2. The molecule has 0 saturated heterocycles. The van der Waals surface area contributed by atoms with Gasteiger partial charge in [-0.3, -0.25) is 4.79 Å². The van der Waals surface area contributed by atoms with E-state index < -0.39 is 24.7 Å². The lowest BCUT2D eigenvalue weighted by atomic mass is 9.84. The zero-order chi connectivity index (χ0) is 15.3. The van der Waals surface area contributed by atoms with Crippen LogP contribution in [0.3, 0.4) is 0 Å². The molecule has 3 nitrogen and oxygen atoms in total. The van der Waals surface area contributed by atoms with Gasteiger partial charge in [0.15, 0.2) is 0 Å². The van der Waals surface area contributed by atoms with Gasteiger partial charge in [-0.05, 0) is 38.6 Å². The van der Waals surface area contributed by atoms with Crippen LogP contribution < -0.4 is 5.73 Å². The number of amides is 1. The fraction of sp³-hybridized carbons (Fsp3) is 0.923. The Kier molecular flexibility index (Phi) is 6.83. The Hall–Kier alpha value is -0.780. The average Bonchev–Trinajstić information content (AvgIpc) is 2.21. The summed E-state index contributed by atoms with van der Waals surface area (Å²) in [6, 6.07) is -0.452. The lowest BCUT2D eigenvalue weighted by Gasteiger charge is -2.30. The third-order valence-electron chi connectivity index (χ3n) is 3.13. The normalized spacial score (nSPS) is 12.9. The third-order valence-corrected chi connectivity index (χ3v) is 3.13. The lowest BCUT2D eigenvalue weighted by molar-refractivity contribution is -0.164. The summed E-state index contributed by atoms with van der Waals surface area (Å²) in [5.74, 6) is -0.447. The predicted octanol–water partition coefficient (Wildman–Crippen LogP) is 2.94. The molecule has 0 aromatic carbocycles. The first-order valence-electron chi connectivity index (χ1n) is 6.55. The van der Waals surface area contributed by atoms with Crippen LogP contribution in [0.25, 0.3) is 0 Å². The van der Waals surface area contributed by atoms with Crippen molar-refractivity contribution < 1.29 is 18.0 Å². The van der Waals surface area contributed by atoms with Crippen molar-refractivity contribution in [2.24, 2.45) is 11.1 Å². The molecule has 0 aliphatic rings. The van der Waals surface area contributed by atoms with Crippen molar-refractivity contribution in [3.63, 3.8) is 0 Å². The fourth-order valence-electron chi connectivity index (χ4n) is 1.86. The predicted molar refractivity (Wildman–Crippen MR) is 69.6 cm³/mol. The Morgan fingerprint density at radius 1 is 1.21 bits per heavy atom. The molecule has 114 valence electrons. The third kappa shape index (κ3) is 8.08. The number of hydrogen-bond donors (Lipinski definition) is 1. The van der Waals surface area contributed by atoms with E-state index in [9.17, 15) is 18.0 Å². The van der Waals surface area contributed by atoms with Crippen LogP contribution in [-0.4, -0.2) is 36.1 Å². The second-order valence-electron chi connectivity index (χ2n) is 5.93. The van der Waals surface area contributed by atoms with Crippen molar-refractivity contribution in [3.05, 3.63) is 0 Å². The van der Waals surface area contributed by atoms with Crippen molar-refractivity contribution in [3.8, 4) is 0 Å². The highest BCUT2D eigenvalue weighted by Gasteiger charge is 2.34. The smallest absolute Gasteiger partial charge is 0.331 e. The van der Waals surface area contributed by atoms with Crippen LogP contribution in [0.4, 0.5) is 13.2 Å². The van der Waals surface area contributed by atoms with E-state index in [2.05, 4.69) is 0 Å². The average molecular weight is 282 g/mol. The molecular formula is C13H25F3N2O. The molecule has 0 aromatic heterocycles. The topological polar surface area (TPSA) is 46.3 Å². The van der Waals surface area contributed by atoms with Gasteiger partial charge in [-0.15, -0.1) is 0 Å². The number of nitrogens with two attached hydrogens (primary N) is 1. The number of carbonyl (C=O) groups excluding carboxylic acids is 1. The van der Waals surface area contributed by atoms with Gasteiger partial charge in [0.25, 0.3) is 0 Å². The number of halogens is 3. The number of hydrogen-bond acceptors (Lipinski definition) is 2. The van der Waals surface area contributed by atoms with E-state index in [0.717, 1.165) is 11.3 Å². The zero-order valence-corrected chi connectivity index (χ0v) is 12.2. The molecule has 0 aliphatic heterocycles. The quantitative estimate of drug-likeness (QED) is 0.780. The molecule has 0 unspecified atom stereocenters. The highest BCUT2D eigenvalue weighted by atomic mass is 19.4. The van der Waals surface area contributed by atoms with Crippen LogP contribution in [-0.2, 0) is 4.79 Å². The van der Waals surface area contributed by atoms with Gasteiger partial charge in [0.1, 0.15) is 6.54 Å². The second kappa shape index (κ2) is 7.12. The van der Waals surface area contributed by atoms with Crippen LogP contribution >= 0.6 is 0 Å². The largest absolute Gasteiger partial charge is 0.406 e. The Morgan fingerprint density at radius 3 is 2.11 bits per heavy atom. The van der Waals surface area contributed by atoms with E-state index in [1.165, 1.54) is 0 Å². The van der Waals surface area contributed by atoms with Crippen LogP contribution in [0.5, 0.6) is 0 Å². The molecule has 0 rings (SSSR count). The molecule has 0 saturated carbocycles. The minimum absolute atomic E-state index is 0.120. The Bertz CT molecular complexity index is 288. The summed E-state index contributed by atoms with van der Waals surface area (Å²) in [5.41, 5.74) is 5.35. The molecular weight excluding hydrogens is 257 g/mol. The van der Waals surface area contributed by atoms with Crippen LogP contribution in [0.2, 0.25) is 0 Å². The van der Waals surface area contributed by atoms with Crippen molar-refractivity contribution in [1.29, 1.82) is 0 Å². The summed E-state index contributed by atoms with van der Waals surface area (Å²) in [5, 5.41) is 0. The maximum absolute atomic E-state index is 12.4. The maximum Gasteiger partial charge on any atom is 0.406 e. The highest BCUT2D eigenvalue weighted by Crippen LogP contribution is 2.27. The number of alkyl halides is 3. The number of carbonyl (C=O) groups is 1. The van der Waals surface area contributed by atoms with E-state index in [1.807, 2.05) is 13.8 Å². The SMILES string of the molecule is CC(C)N(CC(F)(F)F)C(=O)CCC(C)(C)CCN. The Morgan fingerprint density at radius 2 is 1.74 bits per heavy atom. The van der Waals surface area contributed by atoms with Crippen molar-refractivity contribution in [1.82, 2.24) is 4.90 Å². The minimum atomic E-state index is -4.35. The van der Waals surface area contributed by atoms with Gasteiger partial charge >= 0.3 is 6.18 Å². The molecule has 0 radical (unpaired) electrons. The summed E-state index contributed by atoms with van der Waals surface area (Å²) < 4.78 is 37.2. The van der Waals surface area contributed by atoms with E-state index in [4.69, 9.17) is 5.73 Å². The van der Waals surface area contributed by atoms with E-state index in [0.29, 0.717) is 13.0 Å². The van der Waals surface area contributed by atoms with Gasteiger partial charge in [0.2, 0.25) is 5.91 Å². The first-order chi connectivity index (χ1) is 8.48. The molecule has 1 amide bonds. The van der Waals surface area contributed by atoms with Crippen molar-refractivity contribution in [2.45, 2.75) is 59.2 Å². The van der Waals surface area contributed by atoms with E-state index in [-0.39, 0.29) is 11.8 Å². The first-order valence-corrected chi connectivity index (χ1v) is 6.55. The Balaban J connectivity index is 4.50. The summed E-state index contributed by atoms with van der Waals surface area (Å²) in [7, 11) is 0. The monoisotopic (exact) mass is 282 g/mol. The standard InChI is InChI=1S/C13H25F3N2O/c1-10(2)18(9-13(14,15)16)11(19)5-6-12(3,4)7-8-17/h10H,5-9,17H2,1-4H3. The maximum atomic E-state index is 12.4. The molecule has 0 atom stereocenters. The van der Waals surface area contributed by atoms with Gasteiger partial charge in [-0.25, -0.2) is 0 Å². The second-order valence-corrected chi connectivity index (χ2v) is 5.93. The number of rotatable bonds is 7. The summed E-state index contributed by atoms with van der Waals surface area (Å²) >= 11 is 0. The fourth-order valence-corrected chi connectivity index (χ4v) is 1.86. The Labute approximate surface area is 113 Å². The van der Waals surface area contributed by atoms with Crippen molar-refractivity contribution in [2.75, 3.05) is 13.1 Å². The minimum Gasteiger partial charge on any atom is -0.331 e. The highest BCUT2D eigenvalue weighted by molar-refractivity contribution is 5.76. The van der Waals surface area contributed by atoms with Gasteiger partial charge in [-0.2, -0.15) is 13.2 Å². The molecule has 0 aliphatic carbocycles. The summed E-state index contributed by atoms with van der Waals surface area (Å²) in [6.45, 7) is 6.45. The van der Waals surface area contributed by atoms with Crippen molar-refractivity contribution >= 4 is 5.91 Å². The van der Waals surface area contributed by atoms with E-state index >= 15 is 0 Å². The molecule has 0 bridgehead atoms. The van der Waals surface area contributed by atoms with E-state index in [1.54, 1.807) is 13.8 Å². The molecule has 6 heteroatoms. The number of nitrogens with zero attached hydrogens (tertiary/aromatic N) is 1. The molecule has 0 spiro atoms. The molecule has 0 heterocycles. The zero-order valence-electron chi connectivity index (χ0n) is 12.2. The van der Waals surface area contributed by atoms with Gasteiger partial charge in [0.05, 0.1) is 0 Å². The van der Waals surface area contributed by atoms with Crippen LogP contribution in [0.15, 0.2) is 0 Å². The molecule has 0 aromatic rings. The van der Waals surface area contributed by atoms with Gasteiger partial charge < -0.3 is 10.6 Å². The summed E-state index contributed by atoms with van der Waals surface area (Å²) in [6.07, 6.45) is -2.93. The summed E-state index contributed by atoms with van der Waals surface area (Å²) in [4.78, 5) is 12.8. The molecule has 2 N–H and O–H groups in total.